The highest BCUT2D eigenvalue weighted by Crippen LogP contribution is 2.45. The molecule has 1 N–H and O–H groups in total. The fraction of sp³-hybridized carbons (Fsp3) is 0.542. The number of likely N-dealkylation sites (tertiary alicyclic amines) is 1. The lowest BCUT2D eigenvalue weighted by Gasteiger charge is -2.54. The number of carbonyl (C=O) groups is 1. The number of nitrogens with zero attached hydrogens (tertiary/aromatic N) is 2. The van der Waals surface area contributed by atoms with E-state index in [1.165, 1.54) is 45.2 Å². The molecule has 0 unspecified atom stereocenters. The number of rotatable bonds is 1. The maximum absolute atomic E-state index is 13.7. The van der Waals surface area contributed by atoms with Crippen molar-refractivity contribution in [3.05, 3.63) is 47.7 Å². The Kier molecular flexibility index (Phi) is 3.90. The summed E-state index contributed by atoms with van der Waals surface area (Å²) in [4.78, 5) is 21.9. The lowest BCUT2D eigenvalue weighted by atomic mass is 9.68. The van der Waals surface area contributed by atoms with E-state index in [9.17, 15) is 4.79 Å². The first kappa shape index (κ1) is 16.8. The molecule has 1 amide bonds. The van der Waals surface area contributed by atoms with Gasteiger partial charge in [0.15, 0.2) is 0 Å². The number of amides is 1. The van der Waals surface area contributed by atoms with E-state index in [1.54, 1.807) is 5.57 Å². The van der Waals surface area contributed by atoms with E-state index in [1.807, 2.05) is 24.4 Å². The van der Waals surface area contributed by atoms with E-state index in [4.69, 9.17) is 0 Å². The van der Waals surface area contributed by atoms with Crippen molar-refractivity contribution in [2.75, 3.05) is 19.6 Å². The van der Waals surface area contributed by atoms with Gasteiger partial charge in [-0.15, -0.1) is 0 Å². The number of piperidine rings is 3. The SMILES string of the molecule is O=C(c1cccc2[nH]ccc12)N1CCCC2=C[C@H]3C[C@@H](CN4CCCC[C@H]34)[C@@H]21. The van der Waals surface area contributed by atoms with Crippen LogP contribution in [-0.2, 0) is 0 Å². The van der Waals surface area contributed by atoms with Gasteiger partial charge in [-0.25, -0.2) is 0 Å². The summed E-state index contributed by atoms with van der Waals surface area (Å²) in [5.74, 6) is 1.54. The number of carbonyl (C=O) groups excluding carboxylic acids is 1. The van der Waals surface area contributed by atoms with Crippen LogP contribution in [-0.4, -0.2) is 52.4 Å². The Morgan fingerprint density at radius 3 is 3.04 bits per heavy atom. The minimum atomic E-state index is 0.222. The minimum absolute atomic E-state index is 0.222. The van der Waals surface area contributed by atoms with Crippen LogP contribution in [0.5, 0.6) is 0 Å². The maximum atomic E-state index is 13.7. The normalized spacial score (nSPS) is 32.6. The fourth-order valence-electron chi connectivity index (χ4n) is 6.63. The minimum Gasteiger partial charge on any atom is -0.361 e. The second-order valence-corrected chi connectivity index (χ2v) is 9.25. The molecule has 3 fully saturated rings. The first-order chi connectivity index (χ1) is 13.8. The zero-order valence-electron chi connectivity index (χ0n) is 16.4. The van der Waals surface area contributed by atoms with E-state index >= 15 is 0 Å². The number of aromatic amines is 1. The number of nitrogens with one attached hydrogen (secondary N) is 1. The van der Waals surface area contributed by atoms with Crippen LogP contribution in [0.15, 0.2) is 42.1 Å². The molecule has 4 heteroatoms. The average molecular weight is 376 g/mol. The smallest absolute Gasteiger partial charge is 0.255 e. The Hall–Kier alpha value is -2.07. The van der Waals surface area contributed by atoms with E-state index in [0.29, 0.717) is 17.9 Å². The molecule has 2 aromatic rings. The van der Waals surface area contributed by atoms with Crippen LogP contribution >= 0.6 is 0 Å². The third-order valence-corrected chi connectivity index (χ3v) is 7.74. The van der Waals surface area contributed by atoms with Crippen LogP contribution < -0.4 is 0 Å². The topological polar surface area (TPSA) is 39.3 Å². The van der Waals surface area contributed by atoms with Gasteiger partial charge in [-0.2, -0.15) is 0 Å². The Labute approximate surface area is 166 Å². The van der Waals surface area contributed by atoms with Crippen LogP contribution in [0.25, 0.3) is 10.9 Å². The van der Waals surface area contributed by atoms with Crippen molar-refractivity contribution in [2.24, 2.45) is 11.8 Å². The Balaban J connectivity index is 1.36. The number of aromatic nitrogens is 1. The second-order valence-electron chi connectivity index (χ2n) is 9.25. The number of fused-ring (bicyclic) bond motifs is 7. The molecule has 3 aliphatic heterocycles. The zero-order chi connectivity index (χ0) is 18.7. The van der Waals surface area contributed by atoms with Crippen molar-refractivity contribution in [1.82, 2.24) is 14.8 Å². The van der Waals surface area contributed by atoms with Gasteiger partial charge in [0.1, 0.15) is 0 Å². The van der Waals surface area contributed by atoms with E-state index < -0.39 is 0 Å². The van der Waals surface area contributed by atoms with Crippen molar-refractivity contribution in [3.8, 4) is 0 Å². The number of benzene rings is 1. The summed E-state index contributed by atoms with van der Waals surface area (Å²) in [7, 11) is 0. The Bertz CT molecular complexity index is 944. The zero-order valence-corrected chi connectivity index (χ0v) is 16.4. The van der Waals surface area contributed by atoms with Crippen molar-refractivity contribution in [3.63, 3.8) is 0 Å². The molecule has 1 aromatic heterocycles. The second kappa shape index (κ2) is 6.48. The van der Waals surface area contributed by atoms with E-state index in [0.717, 1.165) is 35.5 Å². The van der Waals surface area contributed by atoms with Gasteiger partial charge in [0.05, 0.1) is 6.04 Å². The quantitative estimate of drug-likeness (QED) is 0.759. The summed E-state index contributed by atoms with van der Waals surface area (Å²) in [6, 6.07) is 9.18. The molecule has 4 heterocycles. The first-order valence-electron chi connectivity index (χ1n) is 11.1. The van der Waals surface area contributed by atoms with Crippen LogP contribution in [0.4, 0.5) is 0 Å². The van der Waals surface area contributed by atoms with Crippen LogP contribution in [0.3, 0.4) is 0 Å². The lowest BCUT2D eigenvalue weighted by Crippen LogP contribution is -2.60. The van der Waals surface area contributed by atoms with Crippen LogP contribution in [0.2, 0.25) is 0 Å². The summed E-state index contributed by atoms with van der Waals surface area (Å²) < 4.78 is 0. The van der Waals surface area contributed by atoms with Gasteiger partial charge < -0.3 is 9.88 Å². The molecule has 3 saturated heterocycles. The van der Waals surface area contributed by atoms with Crippen LogP contribution in [0.1, 0.15) is 48.9 Å². The molecule has 28 heavy (non-hydrogen) atoms. The number of hydrogen-bond acceptors (Lipinski definition) is 2. The van der Waals surface area contributed by atoms with Crippen molar-refractivity contribution in [1.29, 1.82) is 0 Å². The molecular weight excluding hydrogens is 346 g/mol. The number of H-pyrrole nitrogens is 1. The van der Waals surface area contributed by atoms with Gasteiger partial charge in [-0.3, -0.25) is 9.69 Å². The van der Waals surface area contributed by atoms with Gasteiger partial charge in [0.2, 0.25) is 0 Å². The monoisotopic (exact) mass is 375 g/mol. The molecule has 4 aliphatic rings. The van der Waals surface area contributed by atoms with Crippen molar-refractivity contribution >= 4 is 16.8 Å². The standard InChI is InChI=1S/C24H29N3O/c28-24(20-6-3-7-21-19(20)9-10-25-21)27-12-4-5-16-13-17-14-18(23(16)27)15-26-11-2-1-8-22(17)26/h3,6-7,9-10,13,17-18,22-23,25H,1-2,4-5,8,11-12,14-15H2/t17-,18-,22+,23+/m0/s1. The van der Waals surface area contributed by atoms with E-state index in [2.05, 4.69) is 26.9 Å². The molecule has 1 aliphatic carbocycles. The lowest BCUT2D eigenvalue weighted by molar-refractivity contribution is 0.00153. The summed E-state index contributed by atoms with van der Waals surface area (Å²) in [6.07, 6.45) is 12.2. The van der Waals surface area contributed by atoms with Crippen molar-refractivity contribution in [2.45, 2.75) is 50.6 Å². The predicted molar refractivity (Wildman–Crippen MR) is 111 cm³/mol. The maximum Gasteiger partial charge on any atom is 0.255 e. The van der Waals surface area contributed by atoms with Gasteiger partial charge in [0, 0.05) is 41.8 Å². The molecule has 4 atom stereocenters. The summed E-state index contributed by atoms with van der Waals surface area (Å²) in [5.41, 5.74) is 3.47. The third kappa shape index (κ3) is 2.50. The average Bonchev–Trinajstić information content (AvgIpc) is 3.22. The largest absolute Gasteiger partial charge is 0.361 e. The predicted octanol–water partition coefficient (Wildman–Crippen LogP) is 4.20. The molecule has 0 radical (unpaired) electrons. The molecule has 0 saturated carbocycles. The van der Waals surface area contributed by atoms with Gasteiger partial charge >= 0.3 is 0 Å². The van der Waals surface area contributed by atoms with E-state index in [-0.39, 0.29) is 5.91 Å². The molecule has 1 aromatic carbocycles. The van der Waals surface area contributed by atoms with Gasteiger partial charge in [-0.05, 0) is 68.7 Å². The van der Waals surface area contributed by atoms with Gasteiger partial charge in [0.25, 0.3) is 5.91 Å². The Morgan fingerprint density at radius 2 is 2.07 bits per heavy atom. The van der Waals surface area contributed by atoms with Gasteiger partial charge in [-0.1, -0.05) is 24.1 Å². The Morgan fingerprint density at radius 1 is 1.11 bits per heavy atom. The molecule has 0 spiro atoms. The highest BCUT2D eigenvalue weighted by atomic mass is 16.2. The number of hydrogen-bond donors (Lipinski definition) is 1. The molecule has 4 nitrogen and oxygen atoms in total. The summed E-state index contributed by atoms with van der Waals surface area (Å²) >= 11 is 0. The van der Waals surface area contributed by atoms with Crippen LogP contribution in [0, 0.1) is 11.8 Å². The molecule has 146 valence electrons. The van der Waals surface area contributed by atoms with Crippen molar-refractivity contribution < 1.29 is 4.79 Å². The fourth-order valence-corrected chi connectivity index (χ4v) is 6.63. The molecule has 6 rings (SSSR count). The molecule has 2 bridgehead atoms. The highest BCUT2D eigenvalue weighted by Gasteiger charge is 2.47. The molecular formula is C24H29N3O. The third-order valence-electron chi connectivity index (χ3n) is 7.74. The summed E-state index contributed by atoms with van der Waals surface area (Å²) in [6.45, 7) is 3.33. The highest BCUT2D eigenvalue weighted by molar-refractivity contribution is 6.06. The first-order valence-corrected chi connectivity index (χ1v) is 11.1. The summed E-state index contributed by atoms with van der Waals surface area (Å²) in [5, 5.41) is 1.05.